The lowest BCUT2D eigenvalue weighted by molar-refractivity contribution is 0.252. The Morgan fingerprint density at radius 1 is 1.33 bits per heavy atom. The maximum absolute atomic E-state index is 6.16. The van der Waals surface area contributed by atoms with Gasteiger partial charge in [-0.3, -0.25) is 15.0 Å². The third kappa shape index (κ3) is 2.37. The van der Waals surface area contributed by atoms with Crippen LogP contribution in [0.25, 0.3) is 0 Å². The number of amidine groups is 1. The van der Waals surface area contributed by atoms with E-state index in [1.54, 1.807) is 11.8 Å². The molecule has 2 N–H and O–H groups in total. The van der Waals surface area contributed by atoms with Crippen molar-refractivity contribution in [2.24, 2.45) is 10.8 Å². The first-order chi connectivity index (χ1) is 8.84. The van der Waals surface area contributed by atoms with Crippen LogP contribution in [0.15, 0.2) is 29.4 Å². The molecule has 2 unspecified atom stereocenters. The molecule has 0 aromatic carbocycles. The molecule has 3 rings (SSSR count). The second-order valence-electron chi connectivity index (χ2n) is 4.85. The van der Waals surface area contributed by atoms with E-state index >= 15 is 0 Å². The molecule has 0 saturated heterocycles. The van der Waals surface area contributed by atoms with Crippen molar-refractivity contribution in [1.29, 1.82) is 0 Å². The van der Waals surface area contributed by atoms with E-state index in [-0.39, 0.29) is 0 Å². The molecule has 96 valence electrons. The second-order valence-corrected chi connectivity index (χ2v) is 5.79. The van der Waals surface area contributed by atoms with E-state index in [4.69, 9.17) is 10.8 Å². The molecule has 4 nitrogen and oxygen atoms in total. The highest BCUT2D eigenvalue weighted by Gasteiger charge is 2.36. The zero-order chi connectivity index (χ0) is 12.4. The first-order valence-corrected chi connectivity index (χ1v) is 7.47. The lowest BCUT2D eigenvalue weighted by Crippen LogP contribution is -2.45. The zero-order valence-corrected chi connectivity index (χ0v) is 11.1. The van der Waals surface area contributed by atoms with Gasteiger partial charge in [-0.1, -0.05) is 30.7 Å². The van der Waals surface area contributed by atoms with Crippen LogP contribution in [0.1, 0.15) is 31.4 Å². The molecule has 1 fully saturated rings. The van der Waals surface area contributed by atoms with Crippen LogP contribution in [0, 0.1) is 0 Å². The summed E-state index contributed by atoms with van der Waals surface area (Å²) >= 11 is 1.70. The SMILES string of the molecule is NN1C(SCc2ccccn2)=NC2CCCCC21. The van der Waals surface area contributed by atoms with Crippen LogP contribution in [0.3, 0.4) is 0 Å². The standard InChI is InChI=1S/C13H18N4S/c14-17-12-7-2-1-6-11(12)16-13(17)18-9-10-5-3-4-8-15-10/h3-5,8,11-12H,1-2,6-7,9,14H2. The second kappa shape index (κ2) is 5.28. The Hall–Kier alpha value is -1.07. The highest BCUT2D eigenvalue weighted by molar-refractivity contribution is 8.13. The van der Waals surface area contributed by atoms with E-state index in [1.807, 2.05) is 29.4 Å². The van der Waals surface area contributed by atoms with Crippen LogP contribution in [0.5, 0.6) is 0 Å². The molecule has 1 aromatic heterocycles. The summed E-state index contributed by atoms with van der Waals surface area (Å²) in [6.45, 7) is 0. The molecule has 0 radical (unpaired) electrons. The number of hydrazine groups is 1. The Morgan fingerprint density at radius 3 is 3.00 bits per heavy atom. The topological polar surface area (TPSA) is 54.5 Å². The minimum Gasteiger partial charge on any atom is -0.284 e. The molecule has 1 aliphatic carbocycles. The van der Waals surface area contributed by atoms with Gasteiger partial charge in [-0.15, -0.1) is 0 Å². The van der Waals surface area contributed by atoms with E-state index < -0.39 is 0 Å². The third-order valence-electron chi connectivity index (χ3n) is 3.62. The number of thioether (sulfide) groups is 1. The molecular formula is C13H18N4S. The van der Waals surface area contributed by atoms with Crippen LogP contribution in [0.2, 0.25) is 0 Å². The van der Waals surface area contributed by atoms with Crippen molar-refractivity contribution in [2.75, 3.05) is 0 Å². The number of rotatable bonds is 2. The van der Waals surface area contributed by atoms with Gasteiger partial charge in [0, 0.05) is 11.9 Å². The smallest absolute Gasteiger partial charge is 0.174 e. The summed E-state index contributed by atoms with van der Waals surface area (Å²) in [6, 6.07) is 6.85. The summed E-state index contributed by atoms with van der Waals surface area (Å²) in [5.41, 5.74) is 1.08. The van der Waals surface area contributed by atoms with E-state index in [0.29, 0.717) is 12.1 Å². The maximum Gasteiger partial charge on any atom is 0.174 e. The average molecular weight is 262 g/mol. The maximum atomic E-state index is 6.16. The van der Waals surface area contributed by atoms with Gasteiger partial charge in [0.2, 0.25) is 0 Å². The molecular weight excluding hydrogens is 244 g/mol. The van der Waals surface area contributed by atoms with E-state index in [1.165, 1.54) is 25.7 Å². The predicted molar refractivity (Wildman–Crippen MR) is 75.0 cm³/mol. The van der Waals surface area contributed by atoms with E-state index in [9.17, 15) is 0 Å². The number of aliphatic imine (C=N–C) groups is 1. The third-order valence-corrected chi connectivity index (χ3v) is 4.64. The number of pyridine rings is 1. The molecule has 0 amide bonds. The van der Waals surface area contributed by atoms with E-state index in [2.05, 4.69) is 4.98 Å². The van der Waals surface area contributed by atoms with Crippen molar-refractivity contribution in [3.8, 4) is 0 Å². The molecule has 2 heterocycles. The normalized spacial score (nSPS) is 26.9. The fourth-order valence-electron chi connectivity index (χ4n) is 2.65. The van der Waals surface area contributed by atoms with Gasteiger partial charge in [-0.25, -0.2) is 5.84 Å². The number of hydrogen-bond donors (Lipinski definition) is 1. The molecule has 5 heteroatoms. The van der Waals surface area contributed by atoms with Crippen molar-refractivity contribution in [1.82, 2.24) is 9.99 Å². The minimum absolute atomic E-state index is 0.426. The van der Waals surface area contributed by atoms with Gasteiger partial charge in [-0.2, -0.15) is 0 Å². The van der Waals surface area contributed by atoms with Crippen molar-refractivity contribution >= 4 is 16.9 Å². The van der Waals surface area contributed by atoms with E-state index in [0.717, 1.165) is 16.6 Å². The summed E-state index contributed by atoms with van der Waals surface area (Å²) in [5.74, 6) is 7.00. The fraction of sp³-hybridized carbons (Fsp3) is 0.538. The van der Waals surface area contributed by atoms with Gasteiger partial charge in [0.05, 0.1) is 17.8 Å². The predicted octanol–water partition coefficient (Wildman–Crippen LogP) is 2.17. The van der Waals surface area contributed by atoms with Crippen molar-refractivity contribution in [3.63, 3.8) is 0 Å². The largest absolute Gasteiger partial charge is 0.284 e. The summed E-state index contributed by atoms with van der Waals surface area (Å²) in [5, 5.41) is 2.87. The van der Waals surface area contributed by atoms with Crippen LogP contribution in [0.4, 0.5) is 0 Å². The first kappa shape index (κ1) is 12.0. The van der Waals surface area contributed by atoms with Crippen LogP contribution >= 0.6 is 11.8 Å². The molecule has 1 saturated carbocycles. The monoisotopic (exact) mass is 262 g/mol. The van der Waals surface area contributed by atoms with Crippen molar-refractivity contribution < 1.29 is 0 Å². The summed E-state index contributed by atoms with van der Waals surface area (Å²) in [7, 11) is 0. The van der Waals surface area contributed by atoms with Crippen molar-refractivity contribution in [2.45, 2.75) is 43.5 Å². The van der Waals surface area contributed by atoms with Crippen LogP contribution < -0.4 is 5.84 Å². The fourth-order valence-corrected chi connectivity index (χ4v) is 3.59. The highest BCUT2D eigenvalue weighted by atomic mass is 32.2. The highest BCUT2D eigenvalue weighted by Crippen LogP contribution is 2.32. The lowest BCUT2D eigenvalue weighted by Gasteiger charge is -2.28. The van der Waals surface area contributed by atoms with Gasteiger partial charge in [0.1, 0.15) is 0 Å². The van der Waals surface area contributed by atoms with Gasteiger partial charge in [0.25, 0.3) is 0 Å². The number of fused-ring (bicyclic) bond motifs is 1. The lowest BCUT2D eigenvalue weighted by atomic mass is 9.91. The molecule has 2 aliphatic rings. The Balaban J connectivity index is 1.63. The van der Waals surface area contributed by atoms with Gasteiger partial charge in [0.15, 0.2) is 5.17 Å². The molecule has 1 aliphatic heterocycles. The quantitative estimate of drug-likeness (QED) is 0.830. The Kier molecular flexibility index (Phi) is 3.52. The van der Waals surface area contributed by atoms with Gasteiger partial charge in [-0.05, 0) is 25.0 Å². The molecule has 18 heavy (non-hydrogen) atoms. The summed E-state index contributed by atoms with van der Waals surface area (Å²) in [4.78, 5) is 9.08. The van der Waals surface area contributed by atoms with Gasteiger partial charge < -0.3 is 0 Å². The van der Waals surface area contributed by atoms with Crippen molar-refractivity contribution in [3.05, 3.63) is 30.1 Å². The Bertz CT molecular complexity index is 434. The Labute approximate surface area is 112 Å². The number of nitrogens with zero attached hydrogens (tertiary/aromatic N) is 3. The number of hydrogen-bond acceptors (Lipinski definition) is 5. The Morgan fingerprint density at radius 2 is 2.22 bits per heavy atom. The number of aromatic nitrogens is 1. The molecule has 2 atom stereocenters. The number of nitrogens with two attached hydrogens (primary N) is 1. The average Bonchev–Trinajstić information content (AvgIpc) is 2.75. The van der Waals surface area contributed by atoms with Gasteiger partial charge >= 0.3 is 0 Å². The molecule has 1 aromatic rings. The van der Waals surface area contributed by atoms with Crippen LogP contribution in [-0.4, -0.2) is 27.2 Å². The summed E-state index contributed by atoms with van der Waals surface area (Å²) in [6.07, 6.45) is 6.76. The molecule has 0 bridgehead atoms. The minimum atomic E-state index is 0.426. The zero-order valence-electron chi connectivity index (χ0n) is 10.3. The first-order valence-electron chi connectivity index (χ1n) is 6.49. The van der Waals surface area contributed by atoms with Crippen LogP contribution in [-0.2, 0) is 5.75 Å². The summed E-state index contributed by atoms with van der Waals surface area (Å²) < 4.78 is 0. The molecule has 0 spiro atoms.